The first-order chi connectivity index (χ1) is 16.9. The van der Waals surface area contributed by atoms with Crippen molar-refractivity contribution in [2.45, 2.75) is 37.9 Å². The maximum absolute atomic E-state index is 13.4. The fourth-order valence-corrected chi connectivity index (χ4v) is 5.12. The highest BCUT2D eigenvalue weighted by Gasteiger charge is 2.31. The van der Waals surface area contributed by atoms with Gasteiger partial charge in [0.25, 0.3) is 10.0 Å². The summed E-state index contributed by atoms with van der Waals surface area (Å²) in [7, 11) is -3.90. The third-order valence-electron chi connectivity index (χ3n) is 5.98. The number of alkyl halides is 3. The molecule has 4 rings (SSSR count). The van der Waals surface area contributed by atoms with Gasteiger partial charge in [0.2, 0.25) is 0 Å². The first-order valence-corrected chi connectivity index (χ1v) is 12.8. The second kappa shape index (κ2) is 9.85. The molecular formula is C26H26F3N3O3S. The molecule has 2 amide bonds. The quantitative estimate of drug-likeness (QED) is 0.439. The van der Waals surface area contributed by atoms with Gasteiger partial charge in [0, 0.05) is 19.6 Å². The Morgan fingerprint density at radius 1 is 0.889 bits per heavy atom. The smallest absolute Gasteiger partial charge is 0.320 e. The normalized spacial score (nSPS) is 14.8. The lowest BCUT2D eigenvalue weighted by atomic mass is 10.1. The highest BCUT2D eigenvalue weighted by molar-refractivity contribution is 7.92. The number of amides is 2. The van der Waals surface area contributed by atoms with E-state index >= 15 is 0 Å². The molecule has 1 N–H and O–H groups in total. The molecule has 1 fully saturated rings. The van der Waals surface area contributed by atoms with Crippen LogP contribution in [0, 0.1) is 13.8 Å². The van der Waals surface area contributed by atoms with Crippen LogP contribution in [0.3, 0.4) is 0 Å². The largest absolute Gasteiger partial charge is 0.416 e. The van der Waals surface area contributed by atoms with E-state index in [1.807, 2.05) is 13.8 Å². The fourth-order valence-electron chi connectivity index (χ4n) is 4.06. The van der Waals surface area contributed by atoms with E-state index in [9.17, 15) is 26.4 Å². The van der Waals surface area contributed by atoms with E-state index in [1.165, 1.54) is 29.2 Å². The number of halogens is 3. The number of carbonyl (C=O) groups is 1. The zero-order valence-electron chi connectivity index (χ0n) is 19.8. The van der Waals surface area contributed by atoms with E-state index in [2.05, 4.69) is 4.72 Å². The molecular weight excluding hydrogens is 491 g/mol. The van der Waals surface area contributed by atoms with E-state index in [-0.39, 0.29) is 23.2 Å². The van der Waals surface area contributed by atoms with Crippen LogP contribution in [0.4, 0.5) is 29.3 Å². The van der Waals surface area contributed by atoms with Crippen molar-refractivity contribution in [1.82, 2.24) is 4.90 Å². The number of hydrogen-bond donors (Lipinski definition) is 1. The molecule has 3 aromatic rings. The number of rotatable bonds is 6. The molecule has 0 aliphatic carbocycles. The summed E-state index contributed by atoms with van der Waals surface area (Å²) in [5, 5.41) is 0. The number of benzene rings is 3. The van der Waals surface area contributed by atoms with E-state index in [0.29, 0.717) is 30.8 Å². The Morgan fingerprint density at radius 2 is 1.53 bits per heavy atom. The Hall–Kier alpha value is -3.53. The van der Waals surface area contributed by atoms with Gasteiger partial charge in [-0.25, -0.2) is 13.2 Å². The summed E-state index contributed by atoms with van der Waals surface area (Å²) in [6, 6.07) is 16.0. The number of carbonyl (C=O) groups excluding carboxylic acids is 1. The maximum atomic E-state index is 13.4. The second-order valence-electron chi connectivity index (χ2n) is 8.84. The Morgan fingerprint density at radius 3 is 2.17 bits per heavy atom. The highest BCUT2D eigenvalue weighted by atomic mass is 32.2. The van der Waals surface area contributed by atoms with E-state index < -0.39 is 21.8 Å². The predicted molar refractivity (Wildman–Crippen MR) is 132 cm³/mol. The van der Waals surface area contributed by atoms with Crippen LogP contribution in [0.2, 0.25) is 0 Å². The lowest BCUT2D eigenvalue weighted by Crippen LogP contribution is -2.49. The lowest BCUT2D eigenvalue weighted by Gasteiger charge is -2.36. The number of urea groups is 1. The Bertz CT molecular complexity index is 1360. The van der Waals surface area contributed by atoms with Crippen molar-refractivity contribution >= 4 is 27.4 Å². The van der Waals surface area contributed by atoms with Gasteiger partial charge in [-0.2, -0.15) is 13.2 Å². The van der Waals surface area contributed by atoms with Crippen molar-refractivity contribution in [2.75, 3.05) is 22.7 Å². The summed E-state index contributed by atoms with van der Waals surface area (Å²) < 4.78 is 67.3. The van der Waals surface area contributed by atoms with Gasteiger partial charge in [0.15, 0.2) is 0 Å². The summed E-state index contributed by atoms with van der Waals surface area (Å²) >= 11 is 0. The van der Waals surface area contributed by atoms with Gasteiger partial charge in [-0.15, -0.1) is 0 Å². The Kier molecular flexibility index (Phi) is 6.99. The molecule has 190 valence electrons. The molecule has 1 saturated heterocycles. The monoisotopic (exact) mass is 517 g/mol. The SMILES string of the molecule is Cc1ccc(S(=O)(=O)Nc2cc(C)ccc2N2CCCN(Cc3ccc(C(F)(F)F)cc3)C2=O)cc1. The number of anilines is 2. The van der Waals surface area contributed by atoms with Crippen LogP contribution in [-0.4, -0.2) is 32.4 Å². The molecule has 6 nitrogen and oxygen atoms in total. The van der Waals surface area contributed by atoms with E-state index in [1.54, 1.807) is 35.2 Å². The van der Waals surface area contributed by atoms with Crippen LogP contribution < -0.4 is 9.62 Å². The van der Waals surface area contributed by atoms with Crippen LogP contribution >= 0.6 is 0 Å². The standard InChI is InChI=1S/C26H26F3N3O3S/c1-18-4-11-22(12-5-18)36(34,35)30-23-16-19(2)6-13-24(23)32-15-3-14-31(25(32)33)17-20-7-9-21(10-8-20)26(27,28)29/h4-13,16,30H,3,14-15,17H2,1-2H3. The second-order valence-corrected chi connectivity index (χ2v) is 10.5. The van der Waals surface area contributed by atoms with Crippen LogP contribution in [0.5, 0.6) is 0 Å². The molecule has 1 heterocycles. The van der Waals surface area contributed by atoms with E-state index in [4.69, 9.17) is 0 Å². The van der Waals surface area contributed by atoms with Crippen molar-refractivity contribution in [1.29, 1.82) is 0 Å². The van der Waals surface area contributed by atoms with E-state index in [0.717, 1.165) is 23.3 Å². The molecule has 36 heavy (non-hydrogen) atoms. The van der Waals surface area contributed by atoms with Crippen molar-refractivity contribution in [3.05, 3.63) is 89.0 Å². The lowest BCUT2D eigenvalue weighted by molar-refractivity contribution is -0.137. The average Bonchev–Trinajstić information content (AvgIpc) is 2.81. The molecule has 3 aromatic carbocycles. The van der Waals surface area contributed by atoms with Crippen molar-refractivity contribution in [3.8, 4) is 0 Å². The zero-order valence-corrected chi connectivity index (χ0v) is 20.7. The third-order valence-corrected chi connectivity index (χ3v) is 7.37. The van der Waals surface area contributed by atoms with Gasteiger partial charge in [-0.3, -0.25) is 9.62 Å². The van der Waals surface area contributed by atoms with Gasteiger partial charge in [0.1, 0.15) is 0 Å². The fraction of sp³-hybridized carbons (Fsp3) is 0.269. The Balaban J connectivity index is 1.58. The summed E-state index contributed by atoms with van der Waals surface area (Å²) in [4.78, 5) is 16.5. The van der Waals surface area contributed by atoms with Crippen molar-refractivity contribution in [3.63, 3.8) is 0 Å². The third kappa shape index (κ3) is 5.64. The summed E-state index contributed by atoms with van der Waals surface area (Å²) in [6.45, 7) is 4.64. The zero-order chi connectivity index (χ0) is 26.1. The minimum absolute atomic E-state index is 0.106. The van der Waals surface area contributed by atoms with Crippen LogP contribution in [0.1, 0.15) is 28.7 Å². The molecule has 0 spiro atoms. The number of hydrogen-bond acceptors (Lipinski definition) is 3. The summed E-state index contributed by atoms with van der Waals surface area (Å²) in [5.74, 6) is 0. The van der Waals surface area contributed by atoms with Crippen LogP contribution in [0.15, 0.2) is 71.6 Å². The minimum Gasteiger partial charge on any atom is -0.320 e. The summed E-state index contributed by atoms with van der Waals surface area (Å²) in [5.41, 5.74) is 2.26. The van der Waals surface area contributed by atoms with Gasteiger partial charge < -0.3 is 4.90 Å². The number of sulfonamides is 1. The number of nitrogens with one attached hydrogen (secondary N) is 1. The van der Waals surface area contributed by atoms with Gasteiger partial charge in [0.05, 0.1) is 21.8 Å². The Labute approximate surface area is 208 Å². The molecule has 1 aliphatic heterocycles. The van der Waals surface area contributed by atoms with Crippen LogP contribution in [0.25, 0.3) is 0 Å². The molecule has 0 saturated carbocycles. The number of nitrogens with zero attached hydrogens (tertiary/aromatic N) is 2. The maximum Gasteiger partial charge on any atom is 0.416 e. The van der Waals surface area contributed by atoms with Crippen molar-refractivity contribution < 1.29 is 26.4 Å². The first-order valence-electron chi connectivity index (χ1n) is 11.4. The first kappa shape index (κ1) is 25.6. The average molecular weight is 518 g/mol. The molecule has 0 radical (unpaired) electrons. The topological polar surface area (TPSA) is 69.7 Å². The van der Waals surface area contributed by atoms with Crippen molar-refractivity contribution in [2.24, 2.45) is 0 Å². The molecule has 0 aromatic heterocycles. The molecule has 10 heteroatoms. The van der Waals surface area contributed by atoms with Gasteiger partial charge in [-0.05, 0) is 67.8 Å². The molecule has 0 bridgehead atoms. The van der Waals surface area contributed by atoms with Gasteiger partial charge >= 0.3 is 12.2 Å². The molecule has 0 unspecified atom stereocenters. The number of aryl methyl sites for hydroxylation is 2. The highest BCUT2D eigenvalue weighted by Crippen LogP contribution is 2.33. The minimum atomic E-state index is -4.43. The predicted octanol–water partition coefficient (Wildman–Crippen LogP) is 5.96. The molecule has 0 atom stereocenters. The summed E-state index contributed by atoms with van der Waals surface area (Å²) in [6.07, 6.45) is -3.81. The van der Waals surface area contributed by atoms with Gasteiger partial charge in [-0.1, -0.05) is 35.9 Å². The molecule has 1 aliphatic rings. The van der Waals surface area contributed by atoms with Crippen LogP contribution in [-0.2, 0) is 22.7 Å².